The highest BCUT2D eigenvalue weighted by Crippen LogP contribution is 2.02. The Hall–Kier alpha value is -1.70. The van der Waals surface area contributed by atoms with Crippen LogP contribution in [0.5, 0.6) is 0 Å². The lowest BCUT2D eigenvalue weighted by Gasteiger charge is -2.01. The predicted molar refractivity (Wildman–Crippen MR) is 62.7 cm³/mol. The molecule has 17 heavy (non-hydrogen) atoms. The molecule has 0 fully saturated rings. The third-order valence-corrected chi connectivity index (χ3v) is 2.47. The molecule has 0 heterocycles. The van der Waals surface area contributed by atoms with Crippen molar-refractivity contribution in [3.05, 3.63) is 41.3 Å². The fourth-order valence-electron chi connectivity index (χ4n) is 0.943. The van der Waals surface area contributed by atoms with Crippen molar-refractivity contribution in [2.45, 2.75) is 0 Å². The quantitative estimate of drug-likeness (QED) is 0.699. The Kier molecular flexibility index (Phi) is 4.83. The van der Waals surface area contributed by atoms with Gasteiger partial charge < -0.3 is 5.73 Å². The van der Waals surface area contributed by atoms with Gasteiger partial charge in [0, 0.05) is 5.41 Å². The molecule has 1 aromatic carbocycles. The second-order valence-corrected chi connectivity index (χ2v) is 4.63. The zero-order valence-corrected chi connectivity index (χ0v) is 9.68. The summed E-state index contributed by atoms with van der Waals surface area (Å²) < 4.78 is 22.6. The summed E-state index contributed by atoms with van der Waals surface area (Å²) in [5.41, 5.74) is 5.50. The number of nitrogens with two attached hydrogens (primary N) is 1. The van der Waals surface area contributed by atoms with E-state index in [1.165, 1.54) is 6.08 Å². The maximum atomic E-state index is 11.3. The fraction of sp³-hybridized carbons (Fsp3) is 0.100. The molecule has 0 saturated carbocycles. The zero-order chi connectivity index (χ0) is 12.7. The van der Waals surface area contributed by atoms with Crippen LogP contribution >= 0.6 is 0 Å². The first-order chi connectivity index (χ1) is 7.99. The van der Waals surface area contributed by atoms with Crippen LogP contribution in [0.25, 0.3) is 6.08 Å². The molecule has 6 nitrogen and oxygen atoms in total. The van der Waals surface area contributed by atoms with Crippen LogP contribution in [0.3, 0.4) is 0 Å². The van der Waals surface area contributed by atoms with Crippen molar-refractivity contribution < 1.29 is 18.0 Å². The lowest BCUT2D eigenvalue weighted by Crippen LogP contribution is -2.28. The van der Waals surface area contributed by atoms with Crippen LogP contribution in [0.1, 0.15) is 5.56 Å². The van der Waals surface area contributed by atoms with E-state index in [0.717, 1.165) is 11.0 Å². The van der Waals surface area contributed by atoms with E-state index in [0.29, 0.717) is 0 Å². The first kappa shape index (κ1) is 13.4. The van der Waals surface area contributed by atoms with Gasteiger partial charge in [0.05, 0.1) is 0 Å². The summed E-state index contributed by atoms with van der Waals surface area (Å²) in [6.45, 7) is -0.515. The number of rotatable bonds is 6. The minimum atomic E-state index is -3.74. The van der Waals surface area contributed by atoms with Crippen molar-refractivity contribution in [1.82, 2.24) is 4.89 Å². The fourth-order valence-corrected chi connectivity index (χ4v) is 1.56. The molecule has 0 radical (unpaired) electrons. The van der Waals surface area contributed by atoms with E-state index in [9.17, 15) is 13.2 Å². The number of sulfonamides is 1. The molecule has 0 unspecified atom stereocenters. The first-order valence-corrected chi connectivity index (χ1v) is 6.19. The van der Waals surface area contributed by atoms with Gasteiger partial charge in [-0.2, -0.15) is 0 Å². The third kappa shape index (κ3) is 5.81. The van der Waals surface area contributed by atoms with Gasteiger partial charge in [-0.15, -0.1) is 0 Å². The molecule has 0 aliphatic carbocycles. The van der Waals surface area contributed by atoms with Gasteiger partial charge in [0.25, 0.3) is 10.0 Å². The Morgan fingerprint density at radius 1 is 1.35 bits per heavy atom. The number of carbonyl (C=O) groups is 1. The van der Waals surface area contributed by atoms with E-state index in [4.69, 9.17) is 5.73 Å². The highest BCUT2D eigenvalue weighted by molar-refractivity contribution is 7.92. The molecule has 3 N–H and O–H groups in total. The Balaban J connectivity index is 2.55. The molecule has 0 aliphatic rings. The van der Waals surface area contributed by atoms with Crippen molar-refractivity contribution in [1.29, 1.82) is 0 Å². The monoisotopic (exact) mass is 256 g/mol. The van der Waals surface area contributed by atoms with Crippen molar-refractivity contribution in [2.75, 3.05) is 6.61 Å². The van der Waals surface area contributed by atoms with Gasteiger partial charge in [0.15, 0.2) is 0 Å². The van der Waals surface area contributed by atoms with E-state index in [1.807, 2.05) is 6.07 Å². The van der Waals surface area contributed by atoms with E-state index in [2.05, 4.69) is 4.84 Å². The largest absolute Gasteiger partial charge is 0.368 e. The Bertz CT molecular complexity index is 496. The van der Waals surface area contributed by atoms with Crippen LogP contribution in [-0.2, 0) is 19.7 Å². The lowest BCUT2D eigenvalue weighted by atomic mass is 10.2. The topological polar surface area (TPSA) is 98.5 Å². The molecular weight excluding hydrogens is 244 g/mol. The molecule has 0 spiro atoms. The van der Waals surface area contributed by atoms with Crippen molar-refractivity contribution in [3.8, 4) is 0 Å². The molecule has 1 rings (SSSR count). The van der Waals surface area contributed by atoms with Crippen LogP contribution < -0.4 is 10.6 Å². The number of hydrogen-bond donors (Lipinski definition) is 2. The maximum Gasteiger partial charge on any atom is 0.255 e. The Labute approximate surface area is 99.1 Å². The van der Waals surface area contributed by atoms with Gasteiger partial charge in [-0.25, -0.2) is 8.42 Å². The first-order valence-electron chi connectivity index (χ1n) is 4.65. The Morgan fingerprint density at radius 3 is 2.59 bits per heavy atom. The van der Waals surface area contributed by atoms with E-state index < -0.39 is 22.5 Å². The predicted octanol–water partition coefficient (Wildman–Crippen LogP) is -0.00640. The average Bonchev–Trinajstić information content (AvgIpc) is 2.27. The summed E-state index contributed by atoms with van der Waals surface area (Å²) in [6.07, 6.45) is 1.40. The van der Waals surface area contributed by atoms with Gasteiger partial charge in [-0.3, -0.25) is 9.63 Å². The maximum absolute atomic E-state index is 11.3. The SMILES string of the molecule is NC(=O)CONS(=O)(=O)/C=C/c1ccccc1. The molecular formula is C10H12N2O4S. The number of amides is 1. The number of hydrogen-bond acceptors (Lipinski definition) is 4. The van der Waals surface area contributed by atoms with Gasteiger partial charge in [0.2, 0.25) is 5.91 Å². The summed E-state index contributed by atoms with van der Waals surface area (Å²) in [7, 11) is -3.74. The van der Waals surface area contributed by atoms with Crippen LogP contribution in [0.4, 0.5) is 0 Å². The second-order valence-electron chi connectivity index (χ2n) is 3.10. The number of nitrogens with one attached hydrogen (secondary N) is 1. The lowest BCUT2D eigenvalue weighted by molar-refractivity contribution is -0.123. The summed E-state index contributed by atoms with van der Waals surface area (Å²) in [5.74, 6) is -0.764. The standard InChI is InChI=1S/C10H12N2O4S/c11-10(13)8-16-12-17(14,15)7-6-9-4-2-1-3-5-9/h1-7,12H,8H2,(H2,11,13)/b7-6+. The molecule has 7 heteroatoms. The second kappa shape index (κ2) is 6.14. The highest BCUT2D eigenvalue weighted by Gasteiger charge is 2.05. The highest BCUT2D eigenvalue weighted by atomic mass is 32.2. The van der Waals surface area contributed by atoms with Gasteiger partial charge in [-0.05, 0) is 11.6 Å². The minimum Gasteiger partial charge on any atom is -0.368 e. The van der Waals surface area contributed by atoms with Crippen LogP contribution in [0, 0.1) is 0 Å². The molecule has 0 saturated heterocycles. The van der Waals surface area contributed by atoms with Crippen molar-refractivity contribution >= 4 is 22.0 Å². The van der Waals surface area contributed by atoms with E-state index in [-0.39, 0.29) is 0 Å². The zero-order valence-electron chi connectivity index (χ0n) is 8.87. The van der Waals surface area contributed by atoms with Gasteiger partial charge in [0.1, 0.15) is 6.61 Å². The normalized spacial score (nSPS) is 11.8. The smallest absolute Gasteiger partial charge is 0.255 e. The minimum absolute atomic E-state index is 0.515. The molecule has 0 atom stereocenters. The number of benzene rings is 1. The summed E-state index contributed by atoms with van der Waals surface area (Å²) in [4.78, 5) is 16.4. The Morgan fingerprint density at radius 2 is 2.00 bits per heavy atom. The third-order valence-electron chi connectivity index (χ3n) is 1.63. The molecule has 1 amide bonds. The van der Waals surface area contributed by atoms with Gasteiger partial charge >= 0.3 is 0 Å². The summed E-state index contributed by atoms with van der Waals surface area (Å²) >= 11 is 0. The molecule has 92 valence electrons. The average molecular weight is 256 g/mol. The van der Waals surface area contributed by atoms with Crippen LogP contribution in [0.15, 0.2) is 35.7 Å². The van der Waals surface area contributed by atoms with E-state index in [1.54, 1.807) is 29.2 Å². The van der Waals surface area contributed by atoms with Crippen LogP contribution in [0.2, 0.25) is 0 Å². The number of primary amides is 1. The molecule has 0 bridgehead atoms. The van der Waals surface area contributed by atoms with Crippen molar-refractivity contribution in [2.24, 2.45) is 5.73 Å². The summed E-state index contributed by atoms with van der Waals surface area (Å²) in [6, 6.07) is 8.87. The van der Waals surface area contributed by atoms with E-state index >= 15 is 0 Å². The van der Waals surface area contributed by atoms with Gasteiger partial charge in [-0.1, -0.05) is 35.2 Å². The summed E-state index contributed by atoms with van der Waals surface area (Å²) in [5, 5.41) is 0.934. The number of carbonyl (C=O) groups excluding carboxylic acids is 1. The molecule has 1 aromatic rings. The molecule has 0 aromatic heterocycles. The van der Waals surface area contributed by atoms with Crippen molar-refractivity contribution in [3.63, 3.8) is 0 Å². The molecule has 0 aliphatic heterocycles. The van der Waals surface area contributed by atoms with Crippen LogP contribution in [-0.4, -0.2) is 20.9 Å².